The average molecular weight is 584 g/mol. The molecule has 8 nitrogen and oxygen atoms in total. The van der Waals surface area contributed by atoms with Crippen LogP contribution in [0.1, 0.15) is 71.2 Å². The fraction of sp³-hybridized carbons (Fsp3) is 0.621. The molecule has 38 heavy (non-hydrogen) atoms. The van der Waals surface area contributed by atoms with Crippen LogP contribution < -0.4 is 4.90 Å². The van der Waals surface area contributed by atoms with Gasteiger partial charge in [-0.3, -0.25) is 4.90 Å². The predicted molar refractivity (Wildman–Crippen MR) is 151 cm³/mol. The van der Waals surface area contributed by atoms with E-state index < -0.39 is 5.60 Å². The summed E-state index contributed by atoms with van der Waals surface area (Å²) in [5.41, 5.74) is 1.46. The van der Waals surface area contributed by atoms with Crippen LogP contribution in [0.3, 0.4) is 0 Å². The first-order chi connectivity index (χ1) is 18.0. The Morgan fingerprint density at radius 3 is 2.47 bits per heavy atom. The third-order valence-electron chi connectivity index (χ3n) is 8.45. The summed E-state index contributed by atoms with van der Waals surface area (Å²) in [5, 5.41) is 15.1. The van der Waals surface area contributed by atoms with E-state index in [-0.39, 0.29) is 23.1 Å². The van der Waals surface area contributed by atoms with Crippen molar-refractivity contribution in [3.8, 4) is 6.07 Å². The molecule has 0 unspecified atom stereocenters. The van der Waals surface area contributed by atoms with Crippen molar-refractivity contribution < 1.29 is 9.53 Å². The first kappa shape index (κ1) is 27.0. The first-order valence-corrected chi connectivity index (χ1v) is 14.5. The van der Waals surface area contributed by atoms with Gasteiger partial charge in [0, 0.05) is 44.7 Å². The van der Waals surface area contributed by atoms with E-state index >= 15 is 0 Å². The summed E-state index contributed by atoms with van der Waals surface area (Å²) in [4.78, 5) is 19.1. The van der Waals surface area contributed by atoms with Crippen molar-refractivity contribution in [2.45, 2.75) is 77.6 Å². The number of nitriles is 1. The standard InChI is InChI=1S/C29H39BrN6O2/c1-6-28(5)18-33(17-21-10-8-7-9-11-21)12-13-35(28)25-24(30)23(16-31)36(32-25)22-14-29(15-22)19-34(20-29)26(37)38-27(2,3)4/h7-11,22H,6,12-15,17-20H2,1-5H3/t28-/m0/s1. The lowest BCUT2D eigenvalue weighted by molar-refractivity contribution is -0.0929. The number of carbonyl (C=O) groups excluding carboxylic acids is 1. The number of hydrogen-bond acceptors (Lipinski definition) is 6. The van der Waals surface area contributed by atoms with Gasteiger partial charge in [-0.25, -0.2) is 9.48 Å². The smallest absolute Gasteiger partial charge is 0.410 e. The third-order valence-corrected chi connectivity index (χ3v) is 9.18. The van der Waals surface area contributed by atoms with Crippen LogP contribution in [-0.4, -0.2) is 69.5 Å². The number of benzene rings is 1. The fourth-order valence-electron chi connectivity index (χ4n) is 6.33. The SMILES string of the molecule is CC[C@@]1(C)CN(Cc2ccccc2)CCN1c1nn(C2CC3(C2)CN(C(=O)OC(C)(C)C)C3)c(C#N)c1Br. The van der Waals surface area contributed by atoms with E-state index in [1.165, 1.54) is 5.56 Å². The minimum absolute atomic E-state index is 0.0931. The average Bonchev–Trinajstić information content (AvgIpc) is 3.12. The Morgan fingerprint density at radius 2 is 1.87 bits per heavy atom. The van der Waals surface area contributed by atoms with Gasteiger partial charge in [0.1, 0.15) is 11.7 Å². The van der Waals surface area contributed by atoms with Crippen molar-refractivity contribution in [1.82, 2.24) is 19.6 Å². The molecule has 2 aromatic rings. The van der Waals surface area contributed by atoms with Crippen LogP contribution in [0.5, 0.6) is 0 Å². The van der Waals surface area contributed by atoms with E-state index in [0.29, 0.717) is 18.8 Å². The summed E-state index contributed by atoms with van der Waals surface area (Å²) >= 11 is 3.75. The van der Waals surface area contributed by atoms with Crippen molar-refractivity contribution >= 4 is 27.8 Å². The molecule has 3 aliphatic rings. The number of amides is 1. The molecule has 1 amide bonds. The number of aromatic nitrogens is 2. The second-order valence-corrected chi connectivity index (χ2v) is 13.4. The van der Waals surface area contributed by atoms with E-state index in [9.17, 15) is 10.1 Å². The molecule has 0 N–H and O–H groups in total. The molecule has 5 rings (SSSR count). The van der Waals surface area contributed by atoms with Crippen molar-refractivity contribution in [1.29, 1.82) is 5.26 Å². The number of halogens is 1. The van der Waals surface area contributed by atoms with E-state index in [1.807, 2.05) is 25.5 Å². The molecule has 0 radical (unpaired) electrons. The lowest BCUT2D eigenvalue weighted by atomic mass is 9.61. The van der Waals surface area contributed by atoms with Crippen molar-refractivity contribution in [3.63, 3.8) is 0 Å². The number of likely N-dealkylation sites (tertiary alicyclic amines) is 1. The molecule has 1 atom stereocenters. The van der Waals surface area contributed by atoms with Gasteiger partial charge in [0.05, 0.1) is 16.1 Å². The molecule has 3 fully saturated rings. The highest BCUT2D eigenvalue weighted by atomic mass is 79.9. The van der Waals surface area contributed by atoms with Gasteiger partial charge in [-0.15, -0.1) is 0 Å². The molecule has 1 saturated carbocycles. The molecule has 1 aromatic carbocycles. The first-order valence-electron chi connectivity index (χ1n) is 13.7. The zero-order chi connectivity index (χ0) is 27.3. The molecule has 1 aromatic heterocycles. The number of anilines is 1. The molecule has 2 aliphatic heterocycles. The Bertz CT molecular complexity index is 1220. The van der Waals surface area contributed by atoms with Crippen molar-refractivity contribution in [2.24, 2.45) is 5.41 Å². The number of piperazine rings is 1. The molecular formula is C29H39BrN6O2. The van der Waals surface area contributed by atoms with Gasteiger partial charge in [-0.2, -0.15) is 10.4 Å². The van der Waals surface area contributed by atoms with E-state index in [0.717, 1.165) is 55.7 Å². The van der Waals surface area contributed by atoms with E-state index in [1.54, 1.807) is 4.90 Å². The van der Waals surface area contributed by atoms with E-state index in [2.05, 4.69) is 76.0 Å². The van der Waals surface area contributed by atoms with Crippen LogP contribution in [0, 0.1) is 16.7 Å². The summed E-state index contributed by atoms with van der Waals surface area (Å²) < 4.78 is 8.25. The van der Waals surface area contributed by atoms with Gasteiger partial charge in [0.15, 0.2) is 11.5 Å². The molecule has 1 spiro atoms. The fourth-order valence-corrected chi connectivity index (χ4v) is 6.89. The summed E-state index contributed by atoms with van der Waals surface area (Å²) in [7, 11) is 0. The monoisotopic (exact) mass is 582 g/mol. The summed E-state index contributed by atoms with van der Waals surface area (Å²) in [6, 6.07) is 13.2. The number of nitrogens with zero attached hydrogens (tertiary/aromatic N) is 6. The van der Waals surface area contributed by atoms with Gasteiger partial charge in [-0.1, -0.05) is 37.3 Å². The van der Waals surface area contributed by atoms with Crippen LogP contribution in [0.2, 0.25) is 0 Å². The minimum Gasteiger partial charge on any atom is -0.444 e. The Labute approximate surface area is 234 Å². The van der Waals surface area contributed by atoms with Gasteiger partial charge in [0.2, 0.25) is 0 Å². The molecule has 0 bridgehead atoms. The van der Waals surface area contributed by atoms with Gasteiger partial charge in [0.25, 0.3) is 0 Å². The summed E-state index contributed by atoms with van der Waals surface area (Å²) in [6.45, 7) is 15.3. The highest BCUT2D eigenvalue weighted by molar-refractivity contribution is 9.10. The number of rotatable bonds is 5. The van der Waals surface area contributed by atoms with Gasteiger partial charge in [-0.05, 0) is 68.5 Å². The van der Waals surface area contributed by atoms with Crippen molar-refractivity contribution in [2.75, 3.05) is 37.6 Å². The lowest BCUT2D eigenvalue weighted by Crippen LogP contribution is -2.64. The number of carbonyl (C=O) groups is 1. The Hall–Kier alpha value is -2.57. The van der Waals surface area contributed by atoms with Crippen LogP contribution in [-0.2, 0) is 11.3 Å². The Kier molecular flexibility index (Phi) is 7.02. The quantitative estimate of drug-likeness (QED) is 0.458. The lowest BCUT2D eigenvalue weighted by Gasteiger charge is -2.58. The van der Waals surface area contributed by atoms with Gasteiger partial charge < -0.3 is 14.5 Å². The zero-order valence-electron chi connectivity index (χ0n) is 23.2. The zero-order valence-corrected chi connectivity index (χ0v) is 24.8. The molecule has 204 valence electrons. The molecular weight excluding hydrogens is 544 g/mol. The number of ether oxygens (including phenoxy) is 1. The van der Waals surface area contributed by atoms with Gasteiger partial charge >= 0.3 is 6.09 Å². The van der Waals surface area contributed by atoms with E-state index in [4.69, 9.17) is 9.84 Å². The van der Waals surface area contributed by atoms with Crippen LogP contribution in [0.15, 0.2) is 34.8 Å². The Morgan fingerprint density at radius 1 is 1.18 bits per heavy atom. The molecule has 3 heterocycles. The summed E-state index contributed by atoms with van der Waals surface area (Å²) in [6.07, 6.45) is 2.58. The van der Waals surface area contributed by atoms with Crippen molar-refractivity contribution in [3.05, 3.63) is 46.1 Å². The molecule has 1 aliphatic carbocycles. The third kappa shape index (κ3) is 5.05. The van der Waals surface area contributed by atoms with Crippen LogP contribution in [0.4, 0.5) is 10.6 Å². The predicted octanol–water partition coefficient (Wildman–Crippen LogP) is 5.58. The Balaban J connectivity index is 1.27. The largest absolute Gasteiger partial charge is 0.444 e. The van der Waals surface area contributed by atoms with Crippen LogP contribution in [0.25, 0.3) is 0 Å². The topological polar surface area (TPSA) is 77.6 Å². The minimum atomic E-state index is -0.485. The maximum Gasteiger partial charge on any atom is 0.410 e. The normalized spacial score (nSPS) is 23.6. The highest BCUT2D eigenvalue weighted by Crippen LogP contribution is 2.55. The summed E-state index contributed by atoms with van der Waals surface area (Å²) in [5.74, 6) is 0.871. The second-order valence-electron chi connectivity index (χ2n) is 12.6. The molecule has 2 saturated heterocycles. The maximum absolute atomic E-state index is 12.4. The highest BCUT2D eigenvalue weighted by Gasteiger charge is 2.56. The van der Waals surface area contributed by atoms with Crippen LogP contribution >= 0.6 is 15.9 Å². The molecule has 9 heteroatoms. The number of hydrogen-bond donors (Lipinski definition) is 0. The second kappa shape index (κ2) is 9.87. The maximum atomic E-state index is 12.4.